The summed E-state index contributed by atoms with van der Waals surface area (Å²) in [5.74, 6) is 2.47. The summed E-state index contributed by atoms with van der Waals surface area (Å²) in [5.41, 5.74) is 3.72. The largest absolute Gasteiger partial charge is 0.497 e. The molecule has 0 spiro atoms. The molecule has 1 amide bonds. The smallest absolute Gasteiger partial charge is 0.262 e. The minimum atomic E-state index is -0.280. The monoisotopic (exact) mass is 459 g/mol. The van der Waals surface area contributed by atoms with Crippen LogP contribution in [0.15, 0.2) is 60.7 Å². The van der Waals surface area contributed by atoms with Crippen LogP contribution in [0.25, 0.3) is 5.82 Å². The number of nitrogens with zero attached hydrogens (tertiary/aromatic N) is 4. The molecule has 0 bridgehead atoms. The second-order valence-corrected chi connectivity index (χ2v) is 7.58. The van der Waals surface area contributed by atoms with Gasteiger partial charge in [0, 0.05) is 23.5 Å². The van der Waals surface area contributed by atoms with E-state index in [1.54, 1.807) is 72.5 Å². The Labute approximate surface area is 197 Å². The number of aryl methyl sites for hydroxylation is 1. The highest BCUT2D eigenvalue weighted by Crippen LogP contribution is 2.23. The molecule has 34 heavy (non-hydrogen) atoms. The molecule has 0 aliphatic heterocycles. The minimum Gasteiger partial charge on any atom is -0.497 e. The summed E-state index contributed by atoms with van der Waals surface area (Å²) >= 11 is 0. The Bertz CT molecular complexity index is 1280. The summed E-state index contributed by atoms with van der Waals surface area (Å²) in [6.07, 6.45) is 0. The maximum Gasteiger partial charge on any atom is 0.262 e. The van der Waals surface area contributed by atoms with Gasteiger partial charge in [0.25, 0.3) is 5.91 Å². The molecule has 0 unspecified atom stereocenters. The Balaban J connectivity index is 1.31. The van der Waals surface area contributed by atoms with Crippen LogP contribution in [-0.2, 0) is 4.79 Å². The van der Waals surface area contributed by atoms with E-state index in [-0.39, 0.29) is 12.5 Å². The average molecular weight is 460 g/mol. The number of hydrogen-bond donors (Lipinski definition) is 1. The van der Waals surface area contributed by atoms with Gasteiger partial charge in [-0.25, -0.2) is 4.68 Å². The summed E-state index contributed by atoms with van der Waals surface area (Å²) < 4.78 is 18.2. The van der Waals surface area contributed by atoms with Crippen molar-refractivity contribution in [1.82, 2.24) is 20.0 Å². The first-order valence-electron chi connectivity index (χ1n) is 10.6. The Morgan fingerprint density at radius 2 is 1.71 bits per heavy atom. The van der Waals surface area contributed by atoms with E-state index in [0.717, 1.165) is 17.0 Å². The second kappa shape index (κ2) is 10.0. The molecule has 9 heteroatoms. The van der Waals surface area contributed by atoms with Gasteiger partial charge in [0.1, 0.15) is 17.2 Å². The van der Waals surface area contributed by atoms with E-state index in [2.05, 4.69) is 20.6 Å². The molecule has 0 fully saturated rings. The highest BCUT2D eigenvalue weighted by atomic mass is 16.5. The average Bonchev–Trinajstić information content (AvgIpc) is 3.12. The topological polar surface area (TPSA) is 100 Å². The molecule has 0 atom stereocenters. The molecule has 1 N–H and O–H groups in total. The number of carbonyl (C=O) groups excluding carboxylic acids is 1. The molecule has 9 nitrogen and oxygen atoms in total. The van der Waals surface area contributed by atoms with Gasteiger partial charge in [0.15, 0.2) is 12.4 Å². The molecule has 4 rings (SSSR count). The number of rotatable bonds is 8. The molecule has 0 radical (unpaired) electrons. The lowest BCUT2D eigenvalue weighted by Gasteiger charge is -2.09. The van der Waals surface area contributed by atoms with Crippen molar-refractivity contribution >= 4 is 11.6 Å². The molecular weight excluding hydrogens is 434 g/mol. The van der Waals surface area contributed by atoms with Gasteiger partial charge in [-0.05, 0) is 68.8 Å². The number of carbonyl (C=O) groups is 1. The first kappa shape index (κ1) is 22.8. The predicted octanol–water partition coefficient (Wildman–Crippen LogP) is 4.41. The van der Waals surface area contributed by atoms with Crippen molar-refractivity contribution in [2.24, 2.45) is 0 Å². The SMILES string of the molecule is COc1cccc(OCC(=O)Nc2ccc(Oc3ccc(-n4nc(C)c(C)c4C)nn3)cc2)c1. The van der Waals surface area contributed by atoms with Crippen molar-refractivity contribution in [3.05, 3.63) is 77.6 Å². The molecular formula is C25H25N5O4. The zero-order valence-electron chi connectivity index (χ0n) is 19.4. The number of methoxy groups -OCH3 is 1. The fourth-order valence-corrected chi connectivity index (χ4v) is 3.19. The Morgan fingerprint density at radius 3 is 2.35 bits per heavy atom. The maximum absolute atomic E-state index is 12.2. The molecule has 174 valence electrons. The van der Waals surface area contributed by atoms with E-state index in [1.165, 1.54) is 0 Å². The van der Waals surface area contributed by atoms with Crippen LogP contribution in [0.2, 0.25) is 0 Å². The van der Waals surface area contributed by atoms with Crippen LogP contribution >= 0.6 is 0 Å². The van der Waals surface area contributed by atoms with Crippen LogP contribution < -0.4 is 19.5 Å². The van der Waals surface area contributed by atoms with Crippen LogP contribution in [0.5, 0.6) is 23.1 Å². The van der Waals surface area contributed by atoms with Crippen molar-refractivity contribution < 1.29 is 19.0 Å². The normalized spacial score (nSPS) is 10.6. The fourth-order valence-electron chi connectivity index (χ4n) is 3.19. The Kier molecular flexibility index (Phi) is 6.72. The number of amides is 1. The van der Waals surface area contributed by atoms with Crippen LogP contribution in [0, 0.1) is 20.8 Å². The van der Waals surface area contributed by atoms with Crippen LogP contribution in [0.1, 0.15) is 17.0 Å². The first-order valence-corrected chi connectivity index (χ1v) is 10.6. The van der Waals surface area contributed by atoms with Crippen molar-refractivity contribution in [3.8, 4) is 28.9 Å². The van der Waals surface area contributed by atoms with Gasteiger partial charge in [-0.2, -0.15) is 5.10 Å². The lowest BCUT2D eigenvalue weighted by Crippen LogP contribution is -2.20. The standard InChI is InChI=1S/C25H25N5O4/c1-16-17(2)29-30(18(16)3)23-12-13-25(28-27-23)34-20-10-8-19(9-11-20)26-24(31)15-33-22-7-5-6-21(14-22)32-4/h5-14H,15H2,1-4H3,(H,26,31). The van der Waals surface area contributed by atoms with Crippen molar-refractivity contribution in [3.63, 3.8) is 0 Å². The molecule has 4 aromatic rings. The van der Waals surface area contributed by atoms with Gasteiger partial charge in [0.2, 0.25) is 5.88 Å². The lowest BCUT2D eigenvalue weighted by atomic mass is 10.2. The zero-order chi connectivity index (χ0) is 24.1. The minimum absolute atomic E-state index is 0.123. The second-order valence-electron chi connectivity index (χ2n) is 7.58. The van der Waals surface area contributed by atoms with Crippen molar-refractivity contribution in [1.29, 1.82) is 0 Å². The van der Waals surface area contributed by atoms with Gasteiger partial charge < -0.3 is 19.5 Å². The third kappa shape index (κ3) is 5.32. The zero-order valence-corrected chi connectivity index (χ0v) is 19.4. The number of hydrogen-bond acceptors (Lipinski definition) is 7. The third-order valence-corrected chi connectivity index (χ3v) is 5.27. The van der Waals surface area contributed by atoms with Crippen molar-refractivity contribution in [2.75, 3.05) is 19.0 Å². The lowest BCUT2D eigenvalue weighted by molar-refractivity contribution is -0.118. The number of nitrogens with one attached hydrogen (secondary N) is 1. The van der Waals surface area contributed by atoms with Gasteiger partial charge >= 0.3 is 0 Å². The number of anilines is 1. The molecule has 0 aliphatic rings. The van der Waals surface area contributed by atoms with Gasteiger partial charge in [-0.1, -0.05) is 6.07 Å². The highest BCUT2D eigenvalue weighted by molar-refractivity contribution is 5.91. The molecule has 0 aliphatic carbocycles. The molecule has 0 saturated carbocycles. The van der Waals surface area contributed by atoms with E-state index >= 15 is 0 Å². The van der Waals surface area contributed by atoms with Gasteiger partial charge in [-0.15, -0.1) is 10.2 Å². The summed E-state index contributed by atoms with van der Waals surface area (Å²) in [6, 6.07) is 17.6. The molecule has 2 heterocycles. The van der Waals surface area contributed by atoms with E-state index in [1.807, 2.05) is 20.8 Å². The maximum atomic E-state index is 12.2. The summed E-state index contributed by atoms with van der Waals surface area (Å²) in [6.45, 7) is 5.86. The number of ether oxygens (including phenoxy) is 3. The number of benzene rings is 2. The van der Waals surface area contributed by atoms with E-state index in [0.29, 0.717) is 34.6 Å². The summed E-state index contributed by atoms with van der Waals surface area (Å²) in [7, 11) is 1.57. The van der Waals surface area contributed by atoms with Gasteiger partial charge in [0.05, 0.1) is 12.8 Å². The van der Waals surface area contributed by atoms with Crippen LogP contribution in [0.4, 0.5) is 5.69 Å². The Morgan fingerprint density at radius 1 is 0.941 bits per heavy atom. The van der Waals surface area contributed by atoms with E-state index in [9.17, 15) is 4.79 Å². The fraction of sp³-hybridized carbons (Fsp3) is 0.200. The number of aromatic nitrogens is 4. The van der Waals surface area contributed by atoms with Crippen molar-refractivity contribution in [2.45, 2.75) is 20.8 Å². The van der Waals surface area contributed by atoms with E-state index in [4.69, 9.17) is 14.2 Å². The predicted molar refractivity (Wildman–Crippen MR) is 127 cm³/mol. The first-order chi connectivity index (χ1) is 16.4. The molecule has 0 saturated heterocycles. The quantitative estimate of drug-likeness (QED) is 0.417. The molecule has 2 aromatic carbocycles. The highest BCUT2D eigenvalue weighted by Gasteiger charge is 2.11. The van der Waals surface area contributed by atoms with E-state index < -0.39 is 0 Å². The third-order valence-electron chi connectivity index (χ3n) is 5.27. The van der Waals surface area contributed by atoms with Crippen LogP contribution in [0.3, 0.4) is 0 Å². The summed E-state index contributed by atoms with van der Waals surface area (Å²) in [5, 5.41) is 15.6. The van der Waals surface area contributed by atoms with Gasteiger partial charge in [-0.3, -0.25) is 4.79 Å². The molecule has 2 aromatic heterocycles. The Hall–Kier alpha value is -4.40. The van der Waals surface area contributed by atoms with Crippen LogP contribution in [-0.4, -0.2) is 39.6 Å². The summed E-state index contributed by atoms with van der Waals surface area (Å²) in [4.78, 5) is 12.2.